The van der Waals surface area contributed by atoms with Crippen LogP contribution in [0.1, 0.15) is 22.3 Å². The van der Waals surface area contributed by atoms with E-state index in [-0.39, 0.29) is 16.5 Å². The van der Waals surface area contributed by atoms with Gasteiger partial charge in [0.05, 0.1) is 28.0 Å². The Balaban J connectivity index is 1.72. The number of hydrogen-bond acceptors (Lipinski definition) is 3. The van der Waals surface area contributed by atoms with E-state index in [0.717, 1.165) is 12.1 Å². The predicted octanol–water partition coefficient (Wildman–Crippen LogP) is 2.63. The molecule has 1 aromatic heterocycles. The molecule has 1 unspecified atom stereocenters. The van der Waals surface area contributed by atoms with Gasteiger partial charge in [-0.1, -0.05) is 11.6 Å². The average Bonchev–Trinajstić information content (AvgIpc) is 3.13. The van der Waals surface area contributed by atoms with Crippen LogP contribution in [0.2, 0.25) is 5.02 Å². The largest absolute Gasteiger partial charge is 0.416 e. The van der Waals surface area contributed by atoms with Crippen molar-refractivity contribution in [2.24, 2.45) is 7.05 Å². The Kier molecular flexibility index (Phi) is 4.66. The fourth-order valence-corrected chi connectivity index (χ4v) is 3.00. The monoisotopic (exact) mass is 386 g/mol. The molecule has 0 radical (unpaired) electrons. The Morgan fingerprint density at radius 3 is 2.69 bits per heavy atom. The van der Waals surface area contributed by atoms with Crippen LogP contribution in [0, 0.1) is 0 Å². The van der Waals surface area contributed by atoms with Crippen LogP contribution in [0.4, 0.5) is 18.9 Å². The Bertz CT molecular complexity index is 865. The number of nitrogens with zero attached hydrogens (tertiary/aromatic N) is 3. The number of nitrogens with one attached hydrogen (secondary N) is 1. The van der Waals surface area contributed by atoms with Crippen molar-refractivity contribution in [2.45, 2.75) is 18.6 Å². The van der Waals surface area contributed by atoms with Crippen molar-refractivity contribution in [2.75, 3.05) is 11.4 Å². The van der Waals surface area contributed by atoms with Crippen molar-refractivity contribution in [3.63, 3.8) is 0 Å². The summed E-state index contributed by atoms with van der Waals surface area (Å²) in [6, 6.07) is 1.69. The van der Waals surface area contributed by atoms with Crippen LogP contribution in [-0.4, -0.2) is 34.2 Å². The molecule has 2 aromatic rings. The van der Waals surface area contributed by atoms with E-state index in [2.05, 4.69) is 10.4 Å². The average molecular weight is 387 g/mol. The molecule has 0 bridgehead atoms. The van der Waals surface area contributed by atoms with E-state index in [9.17, 15) is 22.8 Å². The summed E-state index contributed by atoms with van der Waals surface area (Å²) in [4.78, 5) is 26.2. The van der Waals surface area contributed by atoms with Gasteiger partial charge in [-0.25, -0.2) is 0 Å². The molecule has 26 heavy (non-hydrogen) atoms. The smallest absolute Gasteiger partial charge is 0.340 e. The minimum Gasteiger partial charge on any atom is -0.340 e. The summed E-state index contributed by atoms with van der Waals surface area (Å²) in [5, 5.41) is 6.20. The molecule has 10 heteroatoms. The Labute approximate surface area is 151 Å². The second-order valence-electron chi connectivity index (χ2n) is 5.87. The molecular formula is C16H14ClF3N4O2. The fourth-order valence-electron chi connectivity index (χ4n) is 2.73. The maximum absolute atomic E-state index is 12.7. The number of amides is 2. The summed E-state index contributed by atoms with van der Waals surface area (Å²) in [6.45, 7) is 0.399. The lowest BCUT2D eigenvalue weighted by molar-refractivity contribution is -0.137. The van der Waals surface area contributed by atoms with Crippen molar-refractivity contribution in [1.82, 2.24) is 15.1 Å². The van der Waals surface area contributed by atoms with Gasteiger partial charge >= 0.3 is 6.18 Å². The third-order valence-corrected chi connectivity index (χ3v) is 4.37. The van der Waals surface area contributed by atoms with Crippen LogP contribution in [-0.2, 0) is 18.0 Å². The summed E-state index contributed by atoms with van der Waals surface area (Å²) in [5.41, 5.74) is -0.451. The maximum Gasteiger partial charge on any atom is 0.416 e. The molecule has 1 saturated heterocycles. The van der Waals surface area contributed by atoms with Gasteiger partial charge in [0.25, 0.3) is 5.91 Å². The molecule has 1 aromatic carbocycles. The zero-order chi connectivity index (χ0) is 19.1. The Morgan fingerprint density at radius 1 is 1.38 bits per heavy atom. The molecule has 2 amide bonds. The quantitative estimate of drug-likeness (QED) is 0.881. The molecule has 0 aliphatic carbocycles. The third-order valence-electron chi connectivity index (χ3n) is 4.05. The molecule has 1 aliphatic heterocycles. The Morgan fingerprint density at radius 2 is 2.12 bits per heavy atom. The molecule has 3 rings (SSSR count). The van der Waals surface area contributed by atoms with Gasteiger partial charge in [0.1, 0.15) is 6.04 Å². The second kappa shape index (κ2) is 6.64. The van der Waals surface area contributed by atoms with Gasteiger partial charge < -0.3 is 10.2 Å². The number of benzene rings is 1. The van der Waals surface area contributed by atoms with Gasteiger partial charge in [-0.3, -0.25) is 14.3 Å². The first-order valence-electron chi connectivity index (χ1n) is 7.64. The highest BCUT2D eigenvalue weighted by molar-refractivity contribution is 6.34. The number of rotatable bonds is 3. The SMILES string of the molecule is Cn1cc(N2CCC(NC(=O)c3ccc(C(F)(F)F)cc3Cl)C2=O)cn1. The van der Waals surface area contributed by atoms with Crippen LogP contribution in [0.25, 0.3) is 0 Å². The zero-order valence-corrected chi connectivity index (χ0v) is 14.3. The minimum absolute atomic E-state index is 0.118. The number of anilines is 1. The topological polar surface area (TPSA) is 67.2 Å². The fraction of sp³-hybridized carbons (Fsp3) is 0.312. The first kappa shape index (κ1) is 18.2. The number of hydrogen-bond donors (Lipinski definition) is 1. The molecule has 1 fully saturated rings. The standard InChI is InChI=1S/C16H14ClF3N4O2/c1-23-8-10(7-21-23)24-5-4-13(15(24)26)22-14(25)11-3-2-9(6-12(11)17)16(18,19)20/h2-3,6-8,13H,4-5H2,1H3,(H,22,25). The van der Waals surface area contributed by atoms with E-state index in [1.807, 2.05) is 0 Å². The summed E-state index contributed by atoms with van der Waals surface area (Å²) in [7, 11) is 1.72. The Hall–Kier alpha value is -2.55. The molecular weight excluding hydrogens is 373 g/mol. The molecule has 2 heterocycles. The minimum atomic E-state index is -4.55. The molecule has 138 valence electrons. The van der Waals surface area contributed by atoms with Gasteiger partial charge in [-0.15, -0.1) is 0 Å². The highest BCUT2D eigenvalue weighted by Crippen LogP contribution is 2.32. The van der Waals surface area contributed by atoms with Gasteiger partial charge in [-0.05, 0) is 24.6 Å². The summed E-state index contributed by atoms with van der Waals surface area (Å²) in [5.74, 6) is -1.01. The molecule has 6 nitrogen and oxygen atoms in total. The summed E-state index contributed by atoms with van der Waals surface area (Å²) in [6.07, 6.45) is -0.967. The number of aryl methyl sites for hydroxylation is 1. The van der Waals surface area contributed by atoms with Crippen molar-refractivity contribution >= 4 is 29.1 Å². The second-order valence-corrected chi connectivity index (χ2v) is 6.28. The van der Waals surface area contributed by atoms with Gasteiger partial charge in [0.2, 0.25) is 5.91 Å². The maximum atomic E-state index is 12.7. The van der Waals surface area contributed by atoms with Crippen LogP contribution in [0.3, 0.4) is 0 Å². The first-order valence-corrected chi connectivity index (χ1v) is 8.02. The van der Waals surface area contributed by atoms with Crippen LogP contribution in [0.15, 0.2) is 30.6 Å². The van der Waals surface area contributed by atoms with Crippen LogP contribution >= 0.6 is 11.6 Å². The van der Waals surface area contributed by atoms with Gasteiger partial charge in [0.15, 0.2) is 0 Å². The zero-order valence-electron chi connectivity index (χ0n) is 13.5. The molecule has 1 atom stereocenters. The van der Waals surface area contributed by atoms with E-state index in [4.69, 9.17) is 11.6 Å². The lowest BCUT2D eigenvalue weighted by atomic mass is 10.1. The number of aromatic nitrogens is 2. The molecule has 0 spiro atoms. The molecule has 1 aliphatic rings. The lowest BCUT2D eigenvalue weighted by Crippen LogP contribution is -2.41. The molecule has 1 N–H and O–H groups in total. The first-order chi connectivity index (χ1) is 12.2. The van der Waals surface area contributed by atoms with E-state index in [1.54, 1.807) is 17.9 Å². The highest BCUT2D eigenvalue weighted by Gasteiger charge is 2.35. The highest BCUT2D eigenvalue weighted by atomic mass is 35.5. The van der Waals surface area contributed by atoms with Crippen LogP contribution < -0.4 is 10.2 Å². The molecule has 0 saturated carbocycles. The number of halogens is 4. The van der Waals surface area contributed by atoms with Crippen molar-refractivity contribution < 1.29 is 22.8 Å². The van der Waals surface area contributed by atoms with E-state index >= 15 is 0 Å². The van der Waals surface area contributed by atoms with Crippen molar-refractivity contribution in [3.05, 3.63) is 46.7 Å². The van der Waals surface area contributed by atoms with Gasteiger partial charge in [0, 0.05) is 19.8 Å². The van der Waals surface area contributed by atoms with Crippen molar-refractivity contribution in [1.29, 1.82) is 0 Å². The normalized spacial score (nSPS) is 17.7. The van der Waals surface area contributed by atoms with Gasteiger partial charge in [-0.2, -0.15) is 18.3 Å². The number of carbonyl (C=O) groups excluding carboxylic acids is 2. The summed E-state index contributed by atoms with van der Waals surface area (Å²) >= 11 is 5.81. The number of alkyl halides is 3. The lowest BCUT2D eigenvalue weighted by Gasteiger charge is -2.16. The van der Waals surface area contributed by atoms with Crippen LogP contribution in [0.5, 0.6) is 0 Å². The summed E-state index contributed by atoms with van der Waals surface area (Å²) < 4.78 is 39.6. The van der Waals surface area contributed by atoms with Crippen molar-refractivity contribution in [3.8, 4) is 0 Å². The predicted molar refractivity (Wildman–Crippen MR) is 87.9 cm³/mol. The van der Waals surface area contributed by atoms with E-state index < -0.39 is 23.7 Å². The third kappa shape index (κ3) is 3.52. The van der Waals surface area contributed by atoms with E-state index in [0.29, 0.717) is 24.7 Å². The van der Waals surface area contributed by atoms with E-state index in [1.165, 1.54) is 11.1 Å². The number of carbonyl (C=O) groups is 2.